The number of ketones is 1. The SMILES string of the molecule is CC(C)N1CCC[C@@H](CC(=O)c2ccc(Cl)c(Cl)c2)C1. The van der Waals surface area contributed by atoms with Crippen LogP contribution in [0.5, 0.6) is 0 Å². The lowest BCUT2D eigenvalue weighted by molar-refractivity contribution is 0.0890. The Kier molecular flexibility index (Phi) is 5.48. The number of carbonyl (C=O) groups excluding carboxylic acids is 1. The topological polar surface area (TPSA) is 20.3 Å². The van der Waals surface area contributed by atoms with Crippen molar-refractivity contribution in [1.29, 1.82) is 0 Å². The van der Waals surface area contributed by atoms with E-state index in [2.05, 4.69) is 18.7 Å². The smallest absolute Gasteiger partial charge is 0.163 e. The van der Waals surface area contributed by atoms with Crippen LogP contribution in [0.2, 0.25) is 10.0 Å². The lowest BCUT2D eigenvalue weighted by Crippen LogP contribution is -2.40. The molecule has 1 saturated heterocycles. The summed E-state index contributed by atoms with van der Waals surface area (Å²) in [4.78, 5) is 14.8. The Bertz CT molecular complexity index is 487. The Morgan fingerprint density at radius 1 is 1.35 bits per heavy atom. The molecule has 0 N–H and O–H groups in total. The third-order valence-corrected chi connectivity index (χ3v) is 4.74. The average Bonchev–Trinajstić information content (AvgIpc) is 2.42. The fraction of sp³-hybridized carbons (Fsp3) is 0.562. The first kappa shape index (κ1) is 15.8. The summed E-state index contributed by atoms with van der Waals surface area (Å²) in [5, 5.41) is 0.942. The molecule has 4 heteroatoms. The number of nitrogens with zero attached hydrogens (tertiary/aromatic N) is 1. The fourth-order valence-electron chi connectivity index (χ4n) is 2.78. The van der Waals surface area contributed by atoms with Crippen LogP contribution in [-0.2, 0) is 0 Å². The highest BCUT2D eigenvalue weighted by Crippen LogP contribution is 2.26. The van der Waals surface area contributed by atoms with E-state index in [0.29, 0.717) is 34.0 Å². The number of hydrogen-bond acceptors (Lipinski definition) is 2. The molecule has 1 aromatic rings. The van der Waals surface area contributed by atoms with Crippen LogP contribution >= 0.6 is 23.2 Å². The number of Topliss-reactive ketones (excluding diaryl/α,β-unsaturated/α-hetero) is 1. The normalized spacial score (nSPS) is 20.4. The van der Waals surface area contributed by atoms with E-state index in [1.54, 1.807) is 18.2 Å². The predicted molar refractivity (Wildman–Crippen MR) is 84.8 cm³/mol. The first-order chi connectivity index (χ1) is 9.47. The fourth-order valence-corrected chi connectivity index (χ4v) is 3.08. The zero-order valence-electron chi connectivity index (χ0n) is 12.0. The van der Waals surface area contributed by atoms with Crippen molar-refractivity contribution in [2.45, 2.75) is 39.2 Å². The molecule has 1 fully saturated rings. The number of rotatable bonds is 4. The van der Waals surface area contributed by atoms with Gasteiger partial charge in [-0.25, -0.2) is 0 Å². The molecule has 0 aliphatic carbocycles. The second-order valence-electron chi connectivity index (χ2n) is 5.85. The highest BCUT2D eigenvalue weighted by Gasteiger charge is 2.24. The molecule has 0 aromatic heterocycles. The van der Waals surface area contributed by atoms with Gasteiger partial charge in [0.1, 0.15) is 0 Å². The number of piperidine rings is 1. The van der Waals surface area contributed by atoms with E-state index in [1.807, 2.05) is 0 Å². The van der Waals surface area contributed by atoms with Gasteiger partial charge in [0.05, 0.1) is 10.0 Å². The van der Waals surface area contributed by atoms with Crippen LogP contribution in [0.4, 0.5) is 0 Å². The van der Waals surface area contributed by atoms with Crippen LogP contribution in [0, 0.1) is 5.92 Å². The number of benzene rings is 1. The molecule has 1 heterocycles. The van der Waals surface area contributed by atoms with Crippen molar-refractivity contribution >= 4 is 29.0 Å². The standard InChI is InChI=1S/C16H21Cl2NO/c1-11(2)19-7-3-4-12(10-19)8-16(20)13-5-6-14(17)15(18)9-13/h5-6,9,11-12H,3-4,7-8,10H2,1-2H3/t12-/m0/s1. The first-order valence-corrected chi connectivity index (χ1v) is 7.95. The minimum atomic E-state index is 0.166. The van der Waals surface area contributed by atoms with Crippen LogP contribution in [0.15, 0.2) is 18.2 Å². The van der Waals surface area contributed by atoms with Crippen molar-refractivity contribution in [1.82, 2.24) is 4.90 Å². The van der Waals surface area contributed by atoms with Crippen molar-refractivity contribution in [3.05, 3.63) is 33.8 Å². The lowest BCUT2D eigenvalue weighted by Gasteiger charge is -2.35. The van der Waals surface area contributed by atoms with Gasteiger partial charge in [-0.2, -0.15) is 0 Å². The van der Waals surface area contributed by atoms with Crippen molar-refractivity contribution in [3.8, 4) is 0 Å². The Labute approximate surface area is 131 Å². The average molecular weight is 314 g/mol. The van der Waals surface area contributed by atoms with Gasteiger partial charge in [-0.3, -0.25) is 4.79 Å². The lowest BCUT2D eigenvalue weighted by atomic mass is 9.90. The third-order valence-electron chi connectivity index (χ3n) is 4.00. The number of hydrogen-bond donors (Lipinski definition) is 0. The van der Waals surface area contributed by atoms with Crippen molar-refractivity contribution in [2.24, 2.45) is 5.92 Å². The molecule has 0 amide bonds. The summed E-state index contributed by atoms with van der Waals surface area (Å²) in [5.41, 5.74) is 0.668. The summed E-state index contributed by atoms with van der Waals surface area (Å²) in [5.74, 6) is 0.618. The largest absolute Gasteiger partial charge is 0.301 e. The van der Waals surface area contributed by atoms with E-state index >= 15 is 0 Å². The maximum absolute atomic E-state index is 12.3. The number of halogens is 2. The Morgan fingerprint density at radius 2 is 2.10 bits per heavy atom. The first-order valence-electron chi connectivity index (χ1n) is 7.19. The van der Waals surface area contributed by atoms with E-state index in [-0.39, 0.29) is 5.78 Å². The van der Waals surface area contributed by atoms with E-state index < -0.39 is 0 Å². The third kappa shape index (κ3) is 3.97. The van der Waals surface area contributed by atoms with Crippen LogP contribution in [0.1, 0.15) is 43.5 Å². The molecule has 2 nitrogen and oxygen atoms in total. The summed E-state index contributed by atoms with van der Waals surface area (Å²) < 4.78 is 0. The van der Waals surface area contributed by atoms with E-state index in [1.165, 1.54) is 6.42 Å². The van der Waals surface area contributed by atoms with Crippen molar-refractivity contribution < 1.29 is 4.79 Å². The Morgan fingerprint density at radius 3 is 2.75 bits per heavy atom. The molecule has 1 atom stereocenters. The molecule has 1 aliphatic heterocycles. The summed E-state index contributed by atoms with van der Waals surface area (Å²) in [6.45, 7) is 6.59. The van der Waals surface area contributed by atoms with Crippen molar-refractivity contribution in [2.75, 3.05) is 13.1 Å². The highest BCUT2D eigenvalue weighted by atomic mass is 35.5. The predicted octanol–water partition coefficient (Wildman–Crippen LogP) is 4.69. The quantitative estimate of drug-likeness (QED) is 0.752. The summed E-state index contributed by atoms with van der Waals surface area (Å²) in [6.07, 6.45) is 2.91. The molecule has 0 saturated carbocycles. The molecule has 0 spiro atoms. The van der Waals surface area contributed by atoms with Gasteiger partial charge >= 0.3 is 0 Å². The molecule has 0 unspecified atom stereocenters. The van der Waals surface area contributed by atoms with Gasteiger partial charge in [-0.15, -0.1) is 0 Å². The Balaban J connectivity index is 1.98. The molecule has 2 rings (SSSR count). The van der Waals surface area contributed by atoms with Gasteiger partial charge in [0.25, 0.3) is 0 Å². The minimum absolute atomic E-state index is 0.166. The monoisotopic (exact) mass is 313 g/mol. The zero-order valence-corrected chi connectivity index (χ0v) is 13.5. The van der Waals surface area contributed by atoms with Crippen LogP contribution in [0.25, 0.3) is 0 Å². The van der Waals surface area contributed by atoms with Gasteiger partial charge in [-0.1, -0.05) is 23.2 Å². The number of carbonyl (C=O) groups is 1. The van der Waals surface area contributed by atoms with E-state index in [4.69, 9.17) is 23.2 Å². The molecule has 1 aliphatic rings. The van der Waals surface area contributed by atoms with Crippen molar-refractivity contribution in [3.63, 3.8) is 0 Å². The molecule has 110 valence electrons. The van der Waals surface area contributed by atoms with Crippen LogP contribution in [-0.4, -0.2) is 29.8 Å². The molecule has 0 bridgehead atoms. The molecular weight excluding hydrogens is 293 g/mol. The van der Waals surface area contributed by atoms with Gasteiger partial charge in [0.2, 0.25) is 0 Å². The van der Waals surface area contributed by atoms with Crippen LogP contribution in [0.3, 0.4) is 0 Å². The summed E-state index contributed by atoms with van der Waals surface area (Å²) >= 11 is 11.9. The maximum atomic E-state index is 12.3. The molecule has 1 aromatic carbocycles. The Hall–Kier alpha value is -0.570. The molecule has 0 radical (unpaired) electrons. The van der Waals surface area contributed by atoms with Gasteiger partial charge in [0.15, 0.2) is 5.78 Å². The minimum Gasteiger partial charge on any atom is -0.301 e. The second-order valence-corrected chi connectivity index (χ2v) is 6.67. The summed E-state index contributed by atoms with van der Waals surface area (Å²) in [7, 11) is 0. The summed E-state index contributed by atoms with van der Waals surface area (Å²) in [6, 6.07) is 5.69. The van der Waals surface area contributed by atoms with Gasteiger partial charge in [0, 0.05) is 24.6 Å². The van der Waals surface area contributed by atoms with Gasteiger partial charge < -0.3 is 4.90 Å². The number of likely N-dealkylation sites (tertiary alicyclic amines) is 1. The van der Waals surface area contributed by atoms with E-state index in [0.717, 1.165) is 19.5 Å². The maximum Gasteiger partial charge on any atom is 0.163 e. The second kappa shape index (κ2) is 6.93. The van der Waals surface area contributed by atoms with E-state index in [9.17, 15) is 4.79 Å². The van der Waals surface area contributed by atoms with Gasteiger partial charge in [-0.05, 0) is 57.4 Å². The molecular formula is C16H21Cl2NO. The van der Waals surface area contributed by atoms with Crippen LogP contribution < -0.4 is 0 Å². The zero-order chi connectivity index (χ0) is 14.7. The molecule has 20 heavy (non-hydrogen) atoms. The highest BCUT2D eigenvalue weighted by molar-refractivity contribution is 6.42.